The molecule has 0 aromatic rings. The maximum Gasteiger partial charge on any atom is 1.00 e. The Labute approximate surface area is 67.4 Å². The average molecular weight is 128 g/mol. The van der Waals surface area contributed by atoms with Crippen LogP contribution < -0.4 is 34.4 Å². The standard InChI is InChI=1S/C3H9O2Si.Na/c1-5-6(2,3)4;/h1-3H3;/q-1;+1. The Morgan fingerprint density at radius 3 is 1.57 bits per heavy atom. The maximum atomic E-state index is 10.4. The Bertz CT molecular complexity index is 42.7. The number of rotatable bonds is 1. The molecular formula is C3H9NaO2Si. The van der Waals surface area contributed by atoms with Crippen LogP contribution in [0.25, 0.3) is 0 Å². The predicted molar refractivity (Wildman–Crippen MR) is 24.5 cm³/mol. The molecule has 0 aliphatic carbocycles. The minimum atomic E-state index is -2.38. The van der Waals surface area contributed by atoms with E-state index in [1.54, 1.807) is 13.1 Å². The smallest absolute Gasteiger partial charge is 0.838 e. The van der Waals surface area contributed by atoms with Gasteiger partial charge in [0, 0.05) is 7.11 Å². The van der Waals surface area contributed by atoms with E-state index >= 15 is 0 Å². The summed E-state index contributed by atoms with van der Waals surface area (Å²) in [4.78, 5) is 10.4. The molecule has 0 unspecified atom stereocenters. The van der Waals surface area contributed by atoms with Gasteiger partial charge in [0.05, 0.1) is 8.56 Å². The molecule has 0 spiro atoms. The Morgan fingerprint density at radius 1 is 1.43 bits per heavy atom. The fourth-order valence-electron chi connectivity index (χ4n) is 0. The first-order valence-electron chi connectivity index (χ1n) is 1.82. The molecule has 0 saturated carbocycles. The molecule has 0 aliphatic heterocycles. The van der Waals surface area contributed by atoms with Crippen molar-refractivity contribution in [1.82, 2.24) is 0 Å². The summed E-state index contributed by atoms with van der Waals surface area (Å²) in [7, 11) is -0.924. The van der Waals surface area contributed by atoms with E-state index in [2.05, 4.69) is 4.43 Å². The molecule has 0 rings (SSSR count). The molecule has 38 valence electrons. The van der Waals surface area contributed by atoms with Crippen molar-refractivity contribution in [3.05, 3.63) is 0 Å². The van der Waals surface area contributed by atoms with E-state index in [0.29, 0.717) is 0 Å². The van der Waals surface area contributed by atoms with Gasteiger partial charge in [-0.1, -0.05) is 13.1 Å². The van der Waals surface area contributed by atoms with E-state index in [1.807, 2.05) is 0 Å². The van der Waals surface area contributed by atoms with Crippen LogP contribution in [0.4, 0.5) is 0 Å². The van der Waals surface area contributed by atoms with Crippen LogP contribution in [0.1, 0.15) is 0 Å². The van der Waals surface area contributed by atoms with Gasteiger partial charge in [-0.3, -0.25) is 0 Å². The normalized spacial score (nSPS) is 10.3. The molecule has 0 aromatic carbocycles. The van der Waals surface area contributed by atoms with Crippen molar-refractivity contribution in [2.45, 2.75) is 13.1 Å². The van der Waals surface area contributed by atoms with E-state index in [4.69, 9.17) is 0 Å². The van der Waals surface area contributed by atoms with Crippen LogP contribution in [0.15, 0.2) is 0 Å². The van der Waals surface area contributed by atoms with Crippen LogP contribution in [0.3, 0.4) is 0 Å². The van der Waals surface area contributed by atoms with E-state index < -0.39 is 8.56 Å². The monoisotopic (exact) mass is 128 g/mol. The Hall–Kier alpha value is 1.14. The fraction of sp³-hybridized carbons (Fsp3) is 1.00. The van der Waals surface area contributed by atoms with Crippen LogP contribution in [0.2, 0.25) is 13.1 Å². The summed E-state index contributed by atoms with van der Waals surface area (Å²) in [6.07, 6.45) is 0. The average Bonchev–Trinajstić information content (AvgIpc) is 1.35. The van der Waals surface area contributed by atoms with Gasteiger partial charge in [-0.2, -0.15) is 0 Å². The van der Waals surface area contributed by atoms with Crippen molar-refractivity contribution < 1.29 is 38.8 Å². The van der Waals surface area contributed by atoms with Gasteiger partial charge >= 0.3 is 29.6 Å². The minimum Gasteiger partial charge on any atom is -0.838 e. The molecule has 0 aromatic heterocycles. The summed E-state index contributed by atoms with van der Waals surface area (Å²) in [6.45, 7) is 3.21. The van der Waals surface area contributed by atoms with Crippen LogP contribution >= 0.6 is 0 Å². The molecule has 0 amide bonds. The van der Waals surface area contributed by atoms with Gasteiger partial charge < -0.3 is 9.22 Å². The molecule has 0 aliphatic rings. The molecule has 0 heterocycles. The minimum absolute atomic E-state index is 0. The van der Waals surface area contributed by atoms with Crippen LogP contribution in [-0.2, 0) is 4.43 Å². The third kappa shape index (κ3) is 11.0. The van der Waals surface area contributed by atoms with Crippen LogP contribution in [0.5, 0.6) is 0 Å². The Morgan fingerprint density at radius 2 is 1.57 bits per heavy atom. The summed E-state index contributed by atoms with van der Waals surface area (Å²) in [5, 5.41) is 0. The molecule has 0 radical (unpaired) electrons. The Balaban J connectivity index is 0. The quantitative estimate of drug-likeness (QED) is 0.346. The second kappa shape index (κ2) is 4.06. The number of hydrogen-bond acceptors (Lipinski definition) is 2. The first-order chi connectivity index (χ1) is 2.56. The summed E-state index contributed by atoms with van der Waals surface area (Å²) < 4.78 is 4.52. The van der Waals surface area contributed by atoms with Crippen LogP contribution in [-0.4, -0.2) is 15.7 Å². The van der Waals surface area contributed by atoms with Gasteiger partial charge in [-0.25, -0.2) is 0 Å². The zero-order chi connectivity index (χ0) is 5.21. The maximum absolute atomic E-state index is 10.4. The van der Waals surface area contributed by atoms with E-state index in [-0.39, 0.29) is 29.6 Å². The van der Waals surface area contributed by atoms with E-state index in [1.165, 1.54) is 7.11 Å². The summed E-state index contributed by atoms with van der Waals surface area (Å²) >= 11 is 0. The van der Waals surface area contributed by atoms with Gasteiger partial charge in [-0.05, 0) is 0 Å². The zero-order valence-electron chi connectivity index (χ0n) is 5.32. The molecule has 2 nitrogen and oxygen atoms in total. The molecule has 7 heavy (non-hydrogen) atoms. The molecule has 0 bridgehead atoms. The third-order valence-corrected chi connectivity index (χ3v) is 1.47. The van der Waals surface area contributed by atoms with Gasteiger partial charge in [0.25, 0.3) is 0 Å². The van der Waals surface area contributed by atoms with Gasteiger partial charge in [0.15, 0.2) is 0 Å². The third-order valence-electron chi connectivity index (χ3n) is 0.492. The van der Waals surface area contributed by atoms with Gasteiger partial charge in [0.1, 0.15) is 0 Å². The first kappa shape index (κ1) is 11.0. The topological polar surface area (TPSA) is 32.3 Å². The van der Waals surface area contributed by atoms with Crippen molar-refractivity contribution in [3.63, 3.8) is 0 Å². The Kier molecular flexibility index (Phi) is 6.38. The van der Waals surface area contributed by atoms with E-state index in [9.17, 15) is 4.80 Å². The molecule has 0 N–H and O–H groups in total. The van der Waals surface area contributed by atoms with Crippen molar-refractivity contribution in [3.8, 4) is 0 Å². The van der Waals surface area contributed by atoms with Crippen molar-refractivity contribution in [2.75, 3.05) is 7.11 Å². The van der Waals surface area contributed by atoms with Crippen LogP contribution in [0, 0.1) is 0 Å². The van der Waals surface area contributed by atoms with Crippen molar-refractivity contribution in [1.29, 1.82) is 0 Å². The van der Waals surface area contributed by atoms with Gasteiger partial charge in [0.2, 0.25) is 0 Å². The largest absolute Gasteiger partial charge is 1.00 e. The van der Waals surface area contributed by atoms with Crippen molar-refractivity contribution in [2.24, 2.45) is 0 Å². The molecule has 0 fully saturated rings. The predicted octanol–water partition coefficient (Wildman–Crippen LogP) is -3.30. The first-order valence-corrected chi connectivity index (χ1v) is 4.63. The molecule has 0 saturated heterocycles. The fourth-order valence-corrected chi connectivity index (χ4v) is 0. The van der Waals surface area contributed by atoms with Crippen molar-refractivity contribution >= 4 is 8.56 Å². The summed E-state index contributed by atoms with van der Waals surface area (Å²) in [5.41, 5.74) is 0. The summed E-state index contributed by atoms with van der Waals surface area (Å²) in [6, 6.07) is 0. The molecule has 0 atom stereocenters. The van der Waals surface area contributed by atoms with E-state index in [0.717, 1.165) is 0 Å². The SMILES string of the molecule is CO[Si](C)(C)[O-].[Na+]. The zero-order valence-corrected chi connectivity index (χ0v) is 8.32. The second-order valence-electron chi connectivity index (χ2n) is 1.60. The summed E-state index contributed by atoms with van der Waals surface area (Å²) in [5.74, 6) is 0. The molecule has 4 heteroatoms. The number of hydrogen-bond donors (Lipinski definition) is 0. The molecular weight excluding hydrogens is 119 g/mol. The second-order valence-corrected chi connectivity index (χ2v) is 4.81. The van der Waals surface area contributed by atoms with Gasteiger partial charge in [-0.15, -0.1) is 0 Å².